The van der Waals surface area contributed by atoms with Crippen molar-refractivity contribution in [2.24, 2.45) is 0 Å². The Morgan fingerprint density at radius 1 is 0.531 bits per heavy atom. The molecule has 32 heavy (non-hydrogen) atoms. The molecule has 0 aliphatic rings. The average Bonchev–Trinajstić information content (AvgIpc) is 2.76. The van der Waals surface area contributed by atoms with Crippen molar-refractivity contribution in [1.29, 1.82) is 0 Å². The molecule has 0 saturated heterocycles. The van der Waals surface area contributed by atoms with Crippen molar-refractivity contribution < 1.29 is 30.0 Å². The summed E-state index contributed by atoms with van der Waals surface area (Å²) in [6.45, 7) is 2.80. The molecule has 4 atom stereocenters. The van der Waals surface area contributed by atoms with Gasteiger partial charge >= 0.3 is 0 Å². The van der Waals surface area contributed by atoms with Gasteiger partial charge < -0.3 is 30.0 Å². The Morgan fingerprint density at radius 3 is 1.25 bits per heavy atom. The molecule has 5 N–H and O–H groups in total. The molecule has 0 unspecified atom stereocenters. The number of rotatable bonds is 23. The molecule has 0 aromatic rings. The van der Waals surface area contributed by atoms with Crippen molar-refractivity contribution in [2.45, 2.75) is 134 Å². The van der Waals surface area contributed by atoms with Gasteiger partial charge in [0.2, 0.25) is 0 Å². The second-order valence-corrected chi connectivity index (χ2v) is 10.4. The summed E-state index contributed by atoms with van der Waals surface area (Å²) in [6, 6.07) is 0. The van der Waals surface area contributed by atoms with E-state index in [9.17, 15) is 20.4 Å². The van der Waals surface area contributed by atoms with E-state index in [2.05, 4.69) is 6.92 Å². The van der Waals surface area contributed by atoms with E-state index in [1.54, 1.807) is 0 Å². The number of unbranched alkanes of at least 4 members (excludes halogenated alkanes) is 15. The van der Waals surface area contributed by atoms with Gasteiger partial charge in [0.1, 0.15) is 31.0 Å². The first-order valence-electron chi connectivity index (χ1n) is 13.4. The summed E-state index contributed by atoms with van der Waals surface area (Å²) >= 11 is 0. The van der Waals surface area contributed by atoms with Gasteiger partial charge in [-0.15, -0.1) is 0 Å². The van der Waals surface area contributed by atoms with E-state index < -0.39 is 31.0 Å². The topological polar surface area (TPSA) is 101 Å². The highest BCUT2D eigenvalue weighted by Gasteiger charge is 2.33. The zero-order valence-corrected chi connectivity index (χ0v) is 21.4. The van der Waals surface area contributed by atoms with Crippen LogP contribution in [0.4, 0.5) is 0 Å². The molecule has 6 nitrogen and oxygen atoms in total. The summed E-state index contributed by atoms with van der Waals surface area (Å²) < 4.78 is 0.540. The Bertz CT molecular complexity index is 408. The van der Waals surface area contributed by atoms with Crippen LogP contribution in [-0.2, 0) is 0 Å². The summed E-state index contributed by atoms with van der Waals surface area (Å²) in [5, 5.41) is 48.2. The molecule has 0 aliphatic carbocycles. The number of hydrogen-bond donors (Lipinski definition) is 5. The van der Waals surface area contributed by atoms with Crippen molar-refractivity contribution in [3.05, 3.63) is 0 Å². The van der Waals surface area contributed by atoms with E-state index in [1.165, 1.54) is 96.3 Å². The molecule has 0 aliphatic heterocycles. The second kappa shape index (κ2) is 20.2. The molecule has 0 rings (SSSR count). The maximum atomic E-state index is 10.2. The molecule has 0 bridgehead atoms. The van der Waals surface area contributed by atoms with Gasteiger partial charge in [-0.25, -0.2) is 0 Å². The molecule has 0 heterocycles. The molecular weight excluding hydrogens is 406 g/mol. The van der Waals surface area contributed by atoms with Gasteiger partial charge in [0, 0.05) is 0 Å². The molecule has 194 valence electrons. The summed E-state index contributed by atoms with van der Waals surface area (Å²) in [5.74, 6) is 0. The highest BCUT2D eigenvalue weighted by Crippen LogP contribution is 2.15. The number of nitrogens with zero attached hydrogens (tertiary/aromatic N) is 1. The van der Waals surface area contributed by atoms with Crippen LogP contribution in [0.3, 0.4) is 0 Å². The van der Waals surface area contributed by atoms with Crippen molar-refractivity contribution in [3.8, 4) is 0 Å². The van der Waals surface area contributed by atoms with Gasteiger partial charge in [-0.3, -0.25) is 0 Å². The smallest absolute Gasteiger partial charge is 0.131 e. The van der Waals surface area contributed by atoms with E-state index in [-0.39, 0.29) is 6.54 Å². The van der Waals surface area contributed by atoms with Gasteiger partial charge in [0.25, 0.3) is 0 Å². The highest BCUT2D eigenvalue weighted by atomic mass is 16.4. The monoisotopic (exact) mass is 462 g/mol. The molecule has 0 fully saturated rings. The molecule has 0 aromatic carbocycles. The van der Waals surface area contributed by atoms with Crippen LogP contribution in [0.25, 0.3) is 0 Å². The van der Waals surface area contributed by atoms with Gasteiger partial charge in [-0.05, 0) is 12.8 Å². The largest absolute Gasteiger partial charge is 0.394 e. The predicted molar refractivity (Wildman–Crippen MR) is 133 cm³/mol. The third-order valence-corrected chi connectivity index (χ3v) is 6.62. The van der Waals surface area contributed by atoms with Crippen LogP contribution in [0.15, 0.2) is 0 Å². The lowest BCUT2D eigenvalue weighted by atomic mass is 10.0. The minimum Gasteiger partial charge on any atom is -0.394 e. The Morgan fingerprint density at radius 2 is 0.875 bits per heavy atom. The van der Waals surface area contributed by atoms with Gasteiger partial charge in [0.05, 0.1) is 27.2 Å². The number of aliphatic hydroxyl groups excluding tert-OH is 5. The highest BCUT2D eigenvalue weighted by molar-refractivity contribution is 4.80. The minimum atomic E-state index is -1.55. The minimum absolute atomic E-state index is 0.287. The fourth-order valence-electron chi connectivity index (χ4n) is 4.36. The van der Waals surface area contributed by atoms with E-state index in [1.807, 2.05) is 14.1 Å². The number of hydrogen-bond acceptors (Lipinski definition) is 5. The zero-order valence-electron chi connectivity index (χ0n) is 21.4. The van der Waals surface area contributed by atoms with E-state index >= 15 is 0 Å². The molecule has 0 radical (unpaired) electrons. The molecule has 0 aromatic heterocycles. The lowest BCUT2D eigenvalue weighted by Crippen LogP contribution is -2.54. The fourth-order valence-corrected chi connectivity index (χ4v) is 4.36. The third kappa shape index (κ3) is 17.3. The SMILES string of the molecule is CCCCCCCCCCCCCCCCCC[N+](C)(C)C[C@H](O)[C@H](O)[C@H](O)[C@H](O)CO. The molecule has 0 amide bonds. The first kappa shape index (κ1) is 31.8. The summed E-state index contributed by atoms with van der Waals surface area (Å²) in [7, 11) is 3.99. The van der Waals surface area contributed by atoms with Crippen LogP contribution in [0.5, 0.6) is 0 Å². The van der Waals surface area contributed by atoms with Crippen LogP contribution >= 0.6 is 0 Å². The predicted octanol–water partition coefficient (Wildman–Crippen LogP) is 3.76. The van der Waals surface area contributed by atoms with Gasteiger partial charge in [-0.2, -0.15) is 0 Å². The Kier molecular flexibility index (Phi) is 20.0. The molecule has 0 spiro atoms. The van der Waals surface area contributed by atoms with Crippen LogP contribution in [0, 0.1) is 0 Å². The zero-order chi connectivity index (χ0) is 24.2. The lowest BCUT2D eigenvalue weighted by molar-refractivity contribution is -0.894. The first-order valence-corrected chi connectivity index (χ1v) is 13.4. The average molecular weight is 463 g/mol. The van der Waals surface area contributed by atoms with Crippen molar-refractivity contribution in [2.75, 3.05) is 33.8 Å². The molecule has 6 heteroatoms. The quantitative estimate of drug-likeness (QED) is 0.118. The fraction of sp³-hybridized carbons (Fsp3) is 1.00. The van der Waals surface area contributed by atoms with Crippen molar-refractivity contribution in [3.63, 3.8) is 0 Å². The van der Waals surface area contributed by atoms with Crippen LogP contribution in [-0.4, -0.2) is 88.2 Å². The Balaban J connectivity index is 3.61. The van der Waals surface area contributed by atoms with E-state index in [4.69, 9.17) is 5.11 Å². The van der Waals surface area contributed by atoms with Gasteiger partial charge in [-0.1, -0.05) is 96.8 Å². The Labute approximate surface area is 198 Å². The summed E-state index contributed by atoms with van der Waals surface area (Å²) in [4.78, 5) is 0. The van der Waals surface area contributed by atoms with Crippen molar-refractivity contribution in [1.82, 2.24) is 0 Å². The van der Waals surface area contributed by atoms with Crippen molar-refractivity contribution >= 4 is 0 Å². The Hall–Kier alpha value is -0.240. The van der Waals surface area contributed by atoms with Crippen LogP contribution in [0.1, 0.15) is 110 Å². The van der Waals surface area contributed by atoms with E-state index in [0.29, 0.717) is 4.48 Å². The standard InChI is InChI=1S/C26H56NO5/c1-4-5-6-7-8-9-10-11-12-13-14-15-16-17-18-19-20-27(2,3)21-23(29)25(31)26(32)24(30)22-28/h23-26,28-32H,4-22H2,1-3H3/q+1/t23-,24+,25-,26+/m0/s1. The normalized spacial score (nSPS) is 16.1. The van der Waals surface area contributed by atoms with Gasteiger partial charge in [0.15, 0.2) is 0 Å². The number of quaternary nitrogens is 1. The maximum absolute atomic E-state index is 10.2. The summed E-state index contributed by atoms with van der Waals surface area (Å²) in [6.07, 6.45) is 15.8. The lowest BCUT2D eigenvalue weighted by Gasteiger charge is -2.34. The number of likely N-dealkylation sites (N-methyl/N-ethyl adjacent to an activating group) is 1. The third-order valence-electron chi connectivity index (χ3n) is 6.62. The molecule has 0 saturated carbocycles. The maximum Gasteiger partial charge on any atom is 0.131 e. The first-order chi connectivity index (χ1) is 15.2. The van der Waals surface area contributed by atoms with Crippen LogP contribution in [0.2, 0.25) is 0 Å². The second-order valence-electron chi connectivity index (χ2n) is 10.4. The van der Waals surface area contributed by atoms with E-state index in [0.717, 1.165) is 13.0 Å². The molecular formula is C26H56NO5+. The summed E-state index contributed by atoms with van der Waals surface area (Å²) in [5.41, 5.74) is 0. The van der Waals surface area contributed by atoms with Crippen LogP contribution < -0.4 is 0 Å². The number of aliphatic hydroxyl groups is 5.